The molecule has 3 aliphatic rings. The van der Waals surface area contributed by atoms with Gasteiger partial charge < -0.3 is 19.3 Å². The first kappa shape index (κ1) is 23.8. The van der Waals surface area contributed by atoms with Crippen molar-refractivity contribution in [1.82, 2.24) is 14.9 Å². The van der Waals surface area contributed by atoms with E-state index >= 15 is 0 Å². The highest BCUT2D eigenvalue weighted by Crippen LogP contribution is 2.35. The minimum Gasteiger partial charge on any atom is -0.474 e. The van der Waals surface area contributed by atoms with E-state index in [0.29, 0.717) is 48.8 Å². The number of piperidine rings is 1. The molecule has 0 bridgehead atoms. The Bertz CT molecular complexity index is 1170. The van der Waals surface area contributed by atoms with Gasteiger partial charge in [-0.1, -0.05) is 12.8 Å². The predicted octanol–water partition coefficient (Wildman–Crippen LogP) is 3.74. The van der Waals surface area contributed by atoms with E-state index in [-0.39, 0.29) is 12.2 Å². The first-order valence-electron chi connectivity index (χ1n) is 12.4. The summed E-state index contributed by atoms with van der Waals surface area (Å²) in [6.45, 7) is 2.46. The molecule has 1 aliphatic carbocycles. The molecule has 1 aromatic heterocycles. The van der Waals surface area contributed by atoms with Crippen molar-refractivity contribution in [2.45, 2.75) is 55.9 Å². The molecule has 2 aliphatic heterocycles. The van der Waals surface area contributed by atoms with Gasteiger partial charge in [-0.3, -0.25) is 0 Å². The Morgan fingerprint density at radius 3 is 2.57 bits per heavy atom. The summed E-state index contributed by atoms with van der Waals surface area (Å²) in [5, 5.41) is 0. The van der Waals surface area contributed by atoms with Crippen LogP contribution in [0.15, 0.2) is 35.5 Å². The van der Waals surface area contributed by atoms with E-state index in [4.69, 9.17) is 9.47 Å². The Morgan fingerprint density at radius 1 is 1.06 bits per heavy atom. The van der Waals surface area contributed by atoms with Crippen LogP contribution in [0.5, 0.6) is 5.88 Å². The Morgan fingerprint density at radius 2 is 1.83 bits per heavy atom. The maximum absolute atomic E-state index is 12.4. The fraction of sp³-hybridized carbons (Fsp3) is 0.560. The number of hydrogen-bond donors (Lipinski definition) is 0. The van der Waals surface area contributed by atoms with Crippen LogP contribution in [0.3, 0.4) is 0 Å². The van der Waals surface area contributed by atoms with Crippen molar-refractivity contribution in [3.8, 4) is 5.88 Å². The number of likely N-dealkylation sites (tertiary alicyclic amines) is 1. The molecule has 0 atom stereocenters. The molecule has 35 heavy (non-hydrogen) atoms. The number of fused-ring (bicyclic) bond motifs is 1. The van der Waals surface area contributed by atoms with Gasteiger partial charge in [-0.05, 0) is 48.9 Å². The Hall–Kier alpha value is -2.88. The molecule has 10 heteroatoms. The SMILES string of the molecule is CS(=O)(=O)c1ccc2c(c1)CCN2c1cc(OC2CCN(C(=O)OCC3CCCC3)CC2)ncn1. The Balaban J connectivity index is 1.16. The van der Waals surface area contributed by atoms with Crippen LogP contribution in [0, 0.1) is 5.92 Å². The van der Waals surface area contributed by atoms with Crippen LogP contribution >= 0.6 is 0 Å². The summed E-state index contributed by atoms with van der Waals surface area (Å²) in [7, 11) is -3.24. The number of aromatic nitrogens is 2. The summed E-state index contributed by atoms with van der Waals surface area (Å²) in [5.41, 5.74) is 1.94. The fourth-order valence-electron chi connectivity index (χ4n) is 5.17. The standard InChI is InChI=1S/C25H32N4O5S/c1-35(31,32)21-6-7-22-19(14-21)8-13-29(22)23-15-24(27-17-26-23)34-20-9-11-28(12-10-20)25(30)33-16-18-4-2-3-5-18/h6-7,14-15,17-18,20H,2-5,8-13,16H2,1H3. The summed E-state index contributed by atoms with van der Waals surface area (Å²) in [4.78, 5) is 25.3. The third-order valence-corrected chi connectivity index (χ3v) is 8.29. The van der Waals surface area contributed by atoms with Gasteiger partial charge in [0.1, 0.15) is 18.2 Å². The molecule has 1 amide bonds. The summed E-state index contributed by atoms with van der Waals surface area (Å²) in [6.07, 6.45) is 9.46. The molecule has 0 radical (unpaired) electrons. The first-order chi connectivity index (χ1) is 16.9. The van der Waals surface area contributed by atoms with Gasteiger partial charge in [0, 0.05) is 50.5 Å². The largest absolute Gasteiger partial charge is 0.474 e. The highest BCUT2D eigenvalue weighted by molar-refractivity contribution is 7.90. The maximum Gasteiger partial charge on any atom is 0.409 e. The van der Waals surface area contributed by atoms with Gasteiger partial charge in [0.25, 0.3) is 0 Å². The number of anilines is 2. The van der Waals surface area contributed by atoms with Crippen LogP contribution in [0.25, 0.3) is 0 Å². The highest BCUT2D eigenvalue weighted by Gasteiger charge is 2.27. The number of nitrogens with zero attached hydrogens (tertiary/aromatic N) is 4. The molecule has 1 aromatic carbocycles. The Kier molecular flexibility index (Phi) is 6.82. The van der Waals surface area contributed by atoms with Crippen molar-refractivity contribution in [2.24, 2.45) is 5.92 Å². The molecule has 0 N–H and O–H groups in total. The number of ether oxygens (including phenoxy) is 2. The number of carbonyl (C=O) groups is 1. The normalized spacial score (nSPS) is 19.1. The van der Waals surface area contributed by atoms with Crippen LogP contribution in [0.1, 0.15) is 44.1 Å². The second kappa shape index (κ2) is 10.0. The van der Waals surface area contributed by atoms with Crippen molar-refractivity contribution >= 4 is 27.4 Å². The van der Waals surface area contributed by atoms with E-state index in [2.05, 4.69) is 14.9 Å². The monoisotopic (exact) mass is 500 g/mol. The number of hydrogen-bond acceptors (Lipinski definition) is 8. The van der Waals surface area contributed by atoms with Crippen LogP contribution in [-0.2, 0) is 21.0 Å². The molecule has 188 valence electrons. The molecular weight excluding hydrogens is 468 g/mol. The topological polar surface area (TPSA) is 102 Å². The lowest BCUT2D eigenvalue weighted by Gasteiger charge is -2.31. The van der Waals surface area contributed by atoms with Gasteiger partial charge in [-0.25, -0.2) is 23.2 Å². The Labute approximate surface area is 206 Å². The zero-order valence-electron chi connectivity index (χ0n) is 20.1. The lowest BCUT2D eigenvalue weighted by atomic mass is 10.1. The number of sulfone groups is 1. The molecule has 0 spiro atoms. The second-order valence-electron chi connectivity index (χ2n) is 9.71. The third kappa shape index (κ3) is 5.52. The summed E-state index contributed by atoms with van der Waals surface area (Å²) < 4.78 is 35.4. The average molecular weight is 501 g/mol. The van der Waals surface area contributed by atoms with Gasteiger partial charge >= 0.3 is 6.09 Å². The van der Waals surface area contributed by atoms with E-state index in [9.17, 15) is 13.2 Å². The lowest BCUT2D eigenvalue weighted by molar-refractivity contribution is 0.0585. The fourth-order valence-corrected chi connectivity index (χ4v) is 5.84. The molecule has 9 nitrogen and oxygen atoms in total. The highest BCUT2D eigenvalue weighted by atomic mass is 32.2. The van der Waals surface area contributed by atoms with Crippen molar-refractivity contribution in [3.63, 3.8) is 0 Å². The number of benzene rings is 1. The molecule has 1 saturated carbocycles. The second-order valence-corrected chi connectivity index (χ2v) is 11.7. The van der Waals surface area contributed by atoms with Crippen LogP contribution < -0.4 is 9.64 Å². The minimum absolute atomic E-state index is 0.0279. The third-order valence-electron chi connectivity index (χ3n) is 7.18. The van der Waals surface area contributed by atoms with E-state index in [0.717, 1.165) is 43.4 Å². The molecule has 2 fully saturated rings. The van der Waals surface area contributed by atoms with Crippen molar-refractivity contribution in [2.75, 3.05) is 37.4 Å². The van der Waals surface area contributed by atoms with E-state index in [1.54, 1.807) is 17.0 Å². The number of amides is 1. The quantitative estimate of drug-likeness (QED) is 0.591. The molecule has 5 rings (SSSR count). The molecular formula is C25H32N4O5S. The van der Waals surface area contributed by atoms with Crippen molar-refractivity contribution < 1.29 is 22.7 Å². The van der Waals surface area contributed by atoms with Gasteiger partial charge in [0.2, 0.25) is 5.88 Å². The predicted molar refractivity (Wildman–Crippen MR) is 131 cm³/mol. The minimum atomic E-state index is -3.24. The maximum atomic E-state index is 12.4. The zero-order chi connectivity index (χ0) is 24.4. The number of rotatable bonds is 6. The zero-order valence-corrected chi connectivity index (χ0v) is 20.9. The molecule has 2 aromatic rings. The van der Waals surface area contributed by atoms with Crippen molar-refractivity contribution in [1.29, 1.82) is 0 Å². The molecule has 1 saturated heterocycles. The van der Waals surface area contributed by atoms with Gasteiger partial charge in [0.05, 0.1) is 11.5 Å². The summed E-state index contributed by atoms with van der Waals surface area (Å²) in [5.74, 6) is 1.74. The lowest BCUT2D eigenvalue weighted by Crippen LogP contribution is -2.42. The van der Waals surface area contributed by atoms with E-state index in [1.165, 1.54) is 25.4 Å². The van der Waals surface area contributed by atoms with Crippen LogP contribution in [-0.4, -0.2) is 68.0 Å². The van der Waals surface area contributed by atoms with E-state index < -0.39 is 9.84 Å². The molecule has 0 unspecified atom stereocenters. The van der Waals surface area contributed by atoms with Gasteiger partial charge in [0.15, 0.2) is 9.84 Å². The molecule has 3 heterocycles. The van der Waals surface area contributed by atoms with Crippen molar-refractivity contribution in [3.05, 3.63) is 36.2 Å². The average Bonchev–Trinajstić information content (AvgIpc) is 3.52. The van der Waals surface area contributed by atoms with Crippen LogP contribution in [0.4, 0.5) is 16.3 Å². The van der Waals surface area contributed by atoms with Gasteiger partial charge in [-0.15, -0.1) is 0 Å². The summed E-state index contributed by atoms with van der Waals surface area (Å²) in [6, 6.07) is 7.04. The first-order valence-corrected chi connectivity index (χ1v) is 14.3. The van der Waals surface area contributed by atoms with Crippen LogP contribution in [0.2, 0.25) is 0 Å². The van der Waals surface area contributed by atoms with Gasteiger partial charge in [-0.2, -0.15) is 0 Å². The number of carbonyl (C=O) groups excluding carboxylic acids is 1. The summed E-state index contributed by atoms with van der Waals surface area (Å²) >= 11 is 0. The van der Waals surface area contributed by atoms with E-state index in [1.807, 2.05) is 12.1 Å². The smallest absolute Gasteiger partial charge is 0.409 e.